The van der Waals surface area contributed by atoms with Gasteiger partial charge in [-0.2, -0.15) is 4.98 Å². The van der Waals surface area contributed by atoms with Crippen molar-refractivity contribution in [2.45, 2.75) is 102 Å². The van der Waals surface area contributed by atoms with E-state index in [0.717, 1.165) is 101 Å². The molecule has 1 unspecified atom stereocenters. The summed E-state index contributed by atoms with van der Waals surface area (Å²) in [5.41, 5.74) is 2.35. The van der Waals surface area contributed by atoms with Crippen molar-refractivity contribution in [3.8, 4) is 0 Å². The maximum Gasteiger partial charge on any atom is 0.225 e. The molecule has 1 aliphatic carbocycles. The normalized spacial score (nSPS) is 25.5. The molecular weight excluding hydrogens is 464 g/mol. The number of hydrogen-bond acceptors (Lipinski definition) is 6. The number of aliphatic hydroxyl groups excluding tert-OH is 1. The Kier molecular flexibility index (Phi) is 8.34. The number of piperidine rings is 2. The van der Waals surface area contributed by atoms with E-state index in [0.29, 0.717) is 29.9 Å². The van der Waals surface area contributed by atoms with E-state index in [2.05, 4.69) is 46.8 Å². The van der Waals surface area contributed by atoms with E-state index >= 15 is 0 Å². The summed E-state index contributed by atoms with van der Waals surface area (Å²) in [7, 11) is 2.15. The molecule has 0 aromatic carbocycles. The third-order valence-corrected chi connectivity index (χ3v) is 9.07. The molecule has 3 aliphatic rings. The van der Waals surface area contributed by atoms with Crippen LogP contribution in [-0.2, 0) is 4.79 Å². The second-order valence-electron chi connectivity index (χ2n) is 11.9. The van der Waals surface area contributed by atoms with E-state index in [-0.39, 0.29) is 12.0 Å². The first-order chi connectivity index (χ1) is 17.9. The molecule has 8 heteroatoms. The third kappa shape index (κ3) is 5.95. The molecule has 0 bridgehead atoms. The first kappa shape index (κ1) is 26.4. The third-order valence-electron chi connectivity index (χ3n) is 9.07. The molecule has 0 radical (unpaired) electrons. The highest BCUT2D eigenvalue weighted by molar-refractivity contribution is 5.82. The summed E-state index contributed by atoms with van der Waals surface area (Å²) < 4.78 is 2.38. The fourth-order valence-electron chi connectivity index (χ4n) is 6.71. The minimum atomic E-state index is -0.175. The van der Waals surface area contributed by atoms with Gasteiger partial charge in [0.15, 0.2) is 0 Å². The van der Waals surface area contributed by atoms with Crippen LogP contribution in [0.5, 0.6) is 0 Å². The maximum absolute atomic E-state index is 13.2. The fourth-order valence-corrected chi connectivity index (χ4v) is 6.71. The van der Waals surface area contributed by atoms with E-state index in [1.54, 1.807) is 0 Å². The molecule has 1 amide bonds. The topological polar surface area (TPSA) is 86.5 Å². The molecule has 5 rings (SSSR count). The molecule has 2 N–H and O–H groups in total. The van der Waals surface area contributed by atoms with Gasteiger partial charge in [0.2, 0.25) is 11.9 Å². The van der Waals surface area contributed by atoms with Crippen LogP contribution in [-0.4, -0.2) is 80.7 Å². The minimum Gasteiger partial charge on any atom is -0.393 e. The monoisotopic (exact) mass is 510 g/mol. The van der Waals surface area contributed by atoms with Gasteiger partial charge in [0.25, 0.3) is 0 Å². The second kappa shape index (κ2) is 11.7. The minimum absolute atomic E-state index is 0.175. The lowest BCUT2D eigenvalue weighted by molar-refractivity contribution is -0.138. The average Bonchev–Trinajstić information content (AvgIpc) is 3.28. The molecule has 0 spiro atoms. The van der Waals surface area contributed by atoms with Crippen molar-refractivity contribution in [3.63, 3.8) is 0 Å². The van der Waals surface area contributed by atoms with Gasteiger partial charge in [0.1, 0.15) is 5.65 Å². The van der Waals surface area contributed by atoms with E-state index in [1.807, 2.05) is 6.20 Å². The Labute approximate surface area is 221 Å². The number of carbonyl (C=O) groups excluding carboxylic acids is 1. The summed E-state index contributed by atoms with van der Waals surface area (Å²) >= 11 is 0. The predicted molar refractivity (Wildman–Crippen MR) is 148 cm³/mol. The summed E-state index contributed by atoms with van der Waals surface area (Å²) in [6, 6.07) is 0.697. The Balaban J connectivity index is 1.34. The van der Waals surface area contributed by atoms with E-state index in [1.165, 1.54) is 5.56 Å². The predicted octanol–water partition coefficient (Wildman–Crippen LogP) is 4.56. The molecule has 3 fully saturated rings. The number of carbonyl (C=O) groups is 1. The van der Waals surface area contributed by atoms with Gasteiger partial charge in [0, 0.05) is 48.9 Å². The van der Waals surface area contributed by atoms with Crippen molar-refractivity contribution in [2.75, 3.05) is 38.5 Å². The van der Waals surface area contributed by atoms with Gasteiger partial charge in [-0.1, -0.05) is 13.3 Å². The van der Waals surface area contributed by atoms with Crippen LogP contribution in [0.25, 0.3) is 11.0 Å². The zero-order valence-electron chi connectivity index (χ0n) is 23.0. The molecule has 2 aliphatic heterocycles. The second-order valence-corrected chi connectivity index (χ2v) is 11.9. The van der Waals surface area contributed by atoms with Crippen molar-refractivity contribution >= 4 is 22.9 Å². The number of aliphatic hydroxyl groups is 1. The molecule has 1 atom stereocenters. The smallest absolute Gasteiger partial charge is 0.225 e. The number of fused-ring (bicyclic) bond motifs is 1. The van der Waals surface area contributed by atoms with Gasteiger partial charge in [-0.25, -0.2) is 4.98 Å². The summed E-state index contributed by atoms with van der Waals surface area (Å²) in [6.45, 7) is 8.12. The lowest BCUT2D eigenvalue weighted by Crippen LogP contribution is -2.44. The molecule has 1 saturated carbocycles. The summed E-state index contributed by atoms with van der Waals surface area (Å²) in [4.78, 5) is 27.4. The van der Waals surface area contributed by atoms with Crippen molar-refractivity contribution in [2.24, 2.45) is 5.92 Å². The highest BCUT2D eigenvalue weighted by Crippen LogP contribution is 2.38. The van der Waals surface area contributed by atoms with Crippen LogP contribution in [0.1, 0.15) is 95.6 Å². The Hall–Kier alpha value is -2.19. The van der Waals surface area contributed by atoms with Gasteiger partial charge >= 0.3 is 0 Å². The van der Waals surface area contributed by atoms with Gasteiger partial charge < -0.3 is 24.8 Å². The van der Waals surface area contributed by atoms with Crippen LogP contribution < -0.4 is 5.32 Å². The van der Waals surface area contributed by atoms with Gasteiger partial charge in [0.05, 0.1) is 6.10 Å². The van der Waals surface area contributed by atoms with Crippen LogP contribution in [0.2, 0.25) is 0 Å². The molecule has 4 heterocycles. The van der Waals surface area contributed by atoms with Gasteiger partial charge in [-0.3, -0.25) is 4.79 Å². The number of aromatic nitrogens is 3. The Bertz CT molecular complexity index is 1050. The largest absolute Gasteiger partial charge is 0.393 e. The maximum atomic E-state index is 13.2. The molecule has 2 aromatic rings. The van der Waals surface area contributed by atoms with Crippen LogP contribution in [0, 0.1) is 5.92 Å². The van der Waals surface area contributed by atoms with Crippen LogP contribution >= 0.6 is 0 Å². The number of anilines is 1. The SMILES string of the molecule is CCCC(C)Nc1ncc2c(C3CCN(C(=O)C4CCN(C)CC4)CC3)cn(C3CCC(O)CC3)c2n1. The number of hydrogen-bond donors (Lipinski definition) is 2. The quantitative estimate of drug-likeness (QED) is 0.568. The van der Waals surface area contributed by atoms with E-state index in [4.69, 9.17) is 9.97 Å². The number of likely N-dealkylation sites (tertiary alicyclic amines) is 2. The molecule has 37 heavy (non-hydrogen) atoms. The zero-order chi connectivity index (χ0) is 25.9. The van der Waals surface area contributed by atoms with Gasteiger partial charge in [-0.15, -0.1) is 0 Å². The number of amides is 1. The first-order valence-corrected chi connectivity index (χ1v) is 14.7. The highest BCUT2D eigenvalue weighted by Gasteiger charge is 2.32. The molecular formula is C29H46N6O2. The van der Waals surface area contributed by atoms with Crippen molar-refractivity contribution < 1.29 is 9.90 Å². The van der Waals surface area contributed by atoms with Crippen LogP contribution in [0.4, 0.5) is 5.95 Å². The molecule has 204 valence electrons. The summed E-state index contributed by atoms with van der Waals surface area (Å²) in [5.74, 6) is 1.69. The molecule has 2 saturated heterocycles. The average molecular weight is 511 g/mol. The van der Waals surface area contributed by atoms with Crippen molar-refractivity contribution in [1.82, 2.24) is 24.3 Å². The Morgan fingerprint density at radius 2 is 1.78 bits per heavy atom. The lowest BCUT2D eigenvalue weighted by Gasteiger charge is -2.36. The molecule has 2 aromatic heterocycles. The number of nitrogens with zero attached hydrogens (tertiary/aromatic N) is 5. The molecule has 8 nitrogen and oxygen atoms in total. The van der Waals surface area contributed by atoms with Crippen LogP contribution in [0.15, 0.2) is 12.4 Å². The number of nitrogens with one attached hydrogen (secondary N) is 1. The first-order valence-electron chi connectivity index (χ1n) is 14.7. The zero-order valence-corrected chi connectivity index (χ0v) is 23.0. The summed E-state index contributed by atoms with van der Waals surface area (Å²) in [6.07, 6.45) is 14.0. The van der Waals surface area contributed by atoms with Gasteiger partial charge in [-0.05, 0) is 96.3 Å². The highest BCUT2D eigenvalue weighted by atomic mass is 16.3. The fraction of sp³-hybridized carbons (Fsp3) is 0.759. The Morgan fingerprint density at radius 3 is 2.46 bits per heavy atom. The Morgan fingerprint density at radius 1 is 1.08 bits per heavy atom. The standard InChI is InChI=1S/C29H46N6O2/c1-4-5-20(2)31-29-30-18-25-26(19-35(27(25)32-29)23-6-8-24(36)9-7-23)21-12-16-34(17-13-21)28(37)22-10-14-33(3)15-11-22/h18-24,36H,4-17H2,1-3H3,(H,30,31,32). The van der Waals surface area contributed by atoms with Crippen molar-refractivity contribution in [1.29, 1.82) is 0 Å². The summed E-state index contributed by atoms with van der Waals surface area (Å²) in [5, 5.41) is 14.7. The van der Waals surface area contributed by atoms with E-state index in [9.17, 15) is 9.90 Å². The van der Waals surface area contributed by atoms with Crippen LogP contribution in [0.3, 0.4) is 0 Å². The van der Waals surface area contributed by atoms with Crippen molar-refractivity contribution in [3.05, 3.63) is 18.0 Å². The number of rotatable bonds is 7. The van der Waals surface area contributed by atoms with E-state index < -0.39 is 0 Å². The lowest BCUT2D eigenvalue weighted by atomic mass is 9.88.